The molecule has 120 valence electrons. The molecule has 1 atom stereocenters. The lowest BCUT2D eigenvalue weighted by molar-refractivity contribution is -0.147. The lowest BCUT2D eigenvalue weighted by Gasteiger charge is -2.19. The highest BCUT2D eigenvalue weighted by Gasteiger charge is 2.42. The second-order valence-corrected chi connectivity index (χ2v) is 6.23. The predicted octanol–water partition coefficient (Wildman–Crippen LogP) is 1.51. The number of nitrogens with zero attached hydrogens (tertiary/aromatic N) is 4. The summed E-state index contributed by atoms with van der Waals surface area (Å²) in [7, 11) is 0. The van der Waals surface area contributed by atoms with Crippen molar-refractivity contribution in [1.82, 2.24) is 19.9 Å². The van der Waals surface area contributed by atoms with Gasteiger partial charge >= 0.3 is 5.97 Å². The minimum Gasteiger partial charge on any atom is -0.481 e. The maximum Gasteiger partial charge on any atom is 0.311 e. The van der Waals surface area contributed by atoms with E-state index in [0.29, 0.717) is 13.0 Å². The normalized spacial score (nSPS) is 20.7. The molecule has 0 spiro atoms. The molecule has 7 heteroatoms. The van der Waals surface area contributed by atoms with Crippen LogP contribution < -0.4 is 0 Å². The smallest absolute Gasteiger partial charge is 0.311 e. The van der Waals surface area contributed by atoms with Crippen LogP contribution in [0.4, 0.5) is 0 Å². The van der Waals surface area contributed by atoms with E-state index in [2.05, 4.69) is 10.3 Å². The van der Waals surface area contributed by atoms with E-state index < -0.39 is 11.4 Å². The molecule has 1 fully saturated rings. The Balaban J connectivity index is 1.77. The molecule has 1 saturated heterocycles. The van der Waals surface area contributed by atoms with Crippen molar-refractivity contribution in [2.45, 2.75) is 20.3 Å². The quantitative estimate of drug-likeness (QED) is 0.928. The van der Waals surface area contributed by atoms with Gasteiger partial charge in [0.05, 0.1) is 17.3 Å². The first kappa shape index (κ1) is 15.2. The fourth-order valence-electron chi connectivity index (χ4n) is 2.66. The van der Waals surface area contributed by atoms with Crippen molar-refractivity contribution in [3.63, 3.8) is 0 Å². The van der Waals surface area contributed by atoms with Gasteiger partial charge in [0.1, 0.15) is 0 Å². The molecule has 2 heterocycles. The Kier molecular flexibility index (Phi) is 3.63. The summed E-state index contributed by atoms with van der Waals surface area (Å²) >= 11 is 0. The number of amides is 1. The first-order chi connectivity index (χ1) is 10.9. The lowest BCUT2D eigenvalue weighted by Crippen LogP contribution is -2.35. The zero-order valence-corrected chi connectivity index (χ0v) is 13.1. The number of likely N-dealkylation sites (tertiary alicyclic amines) is 1. The van der Waals surface area contributed by atoms with Crippen molar-refractivity contribution < 1.29 is 14.7 Å². The number of benzene rings is 1. The third-order valence-electron chi connectivity index (χ3n) is 4.29. The Labute approximate surface area is 133 Å². The molecule has 7 nitrogen and oxygen atoms in total. The average Bonchev–Trinajstić information content (AvgIpc) is 3.15. The largest absolute Gasteiger partial charge is 0.481 e. The fourth-order valence-corrected chi connectivity index (χ4v) is 2.66. The first-order valence-corrected chi connectivity index (χ1v) is 7.41. The van der Waals surface area contributed by atoms with Crippen LogP contribution in [-0.2, 0) is 4.79 Å². The molecule has 23 heavy (non-hydrogen) atoms. The SMILES string of the molecule is Cc1ccc(-n2cc(C(=O)N3CCC(C)(C(=O)O)C3)nn2)cc1. The van der Waals surface area contributed by atoms with E-state index in [0.717, 1.165) is 11.3 Å². The van der Waals surface area contributed by atoms with Gasteiger partial charge in [-0.15, -0.1) is 5.10 Å². The molecule has 1 N–H and O–H groups in total. The van der Waals surface area contributed by atoms with Gasteiger partial charge in [-0.25, -0.2) is 4.68 Å². The third-order valence-corrected chi connectivity index (χ3v) is 4.29. The van der Waals surface area contributed by atoms with E-state index in [4.69, 9.17) is 0 Å². The molecule has 1 aromatic heterocycles. The molecule has 1 unspecified atom stereocenters. The zero-order valence-electron chi connectivity index (χ0n) is 13.1. The van der Waals surface area contributed by atoms with Gasteiger partial charge in [-0.05, 0) is 32.4 Å². The van der Waals surface area contributed by atoms with Gasteiger partial charge in [-0.1, -0.05) is 22.9 Å². The topological polar surface area (TPSA) is 88.3 Å². The third kappa shape index (κ3) is 2.81. The molecule has 0 bridgehead atoms. The van der Waals surface area contributed by atoms with Gasteiger partial charge in [0.25, 0.3) is 5.91 Å². The Morgan fingerprint density at radius 1 is 1.26 bits per heavy atom. The van der Waals surface area contributed by atoms with Crippen molar-refractivity contribution >= 4 is 11.9 Å². The molecule has 1 aliphatic rings. The molecule has 0 radical (unpaired) electrons. The summed E-state index contributed by atoms with van der Waals surface area (Å²) < 4.78 is 1.54. The highest BCUT2D eigenvalue weighted by Crippen LogP contribution is 2.30. The average molecular weight is 314 g/mol. The van der Waals surface area contributed by atoms with E-state index in [1.54, 1.807) is 17.8 Å². The Hall–Kier alpha value is -2.70. The van der Waals surface area contributed by atoms with Gasteiger partial charge in [0, 0.05) is 13.1 Å². The van der Waals surface area contributed by atoms with Gasteiger partial charge in [0.2, 0.25) is 0 Å². The number of aromatic nitrogens is 3. The summed E-state index contributed by atoms with van der Waals surface area (Å²) in [6.07, 6.45) is 2.02. The van der Waals surface area contributed by atoms with Crippen LogP contribution in [0.15, 0.2) is 30.5 Å². The van der Waals surface area contributed by atoms with Gasteiger partial charge in [0.15, 0.2) is 5.69 Å². The molecule has 0 aliphatic carbocycles. The minimum atomic E-state index is -0.886. The summed E-state index contributed by atoms with van der Waals surface area (Å²) in [6.45, 7) is 4.26. The van der Waals surface area contributed by atoms with Crippen molar-refractivity contribution in [1.29, 1.82) is 0 Å². The zero-order chi connectivity index (χ0) is 16.6. The van der Waals surface area contributed by atoms with Crippen molar-refractivity contribution in [2.24, 2.45) is 5.41 Å². The number of rotatable bonds is 3. The van der Waals surface area contributed by atoms with E-state index in [1.165, 1.54) is 4.90 Å². The fraction of sp³-hybridized carbons (Fsp3) is 0.375. The van der Waals surface area contributed by atoms with Gasteiger partial charge in [-0.2, -0.15) is 0 Å². The van der Waals surface area contributed by atoms with Crippen LogP contribution in [0.5, 0.6) is 0 Å². The maximum absolute atomic E-state index is 12.5. The number of carbonyl (C=O) groups excluding carboxylic acids is 1. The standard InChI is InChI=1S/C16H18N4O3/c1-11-3-5-12(6-4-11)20-9-13(17-18-20)14(21)19-8-7-16(2,10-19)15(22)23/h3-6,9H,7-8,10H2,1-2H3,(H,22,23). The number of carboxylic acids is 1. The van der Waals surface area contributed by atoms with Gasteiger partial charge < -0.3 is 10.0 Å². The van der Waals surface area contributed by atoms with E-state index in [-0.39, 0.29) is 18.1 Å². The van der Waals surface area contributed by atoms with Crippen LogP contribution in [0, 0.1) is 12.3 Å². The van der Waals surface area contributed by atoms with E-state index >= 15 is 0 Å². The molecule has 1 aromatic carbocycles. The summed E-state index contributed by atoms with van der Waals surface area (Å²) in [5, 5.41) is 17.2. The Morgan fingerprint density at radius 2 is 1.96 bits per heavy atom. The molecular weight excluding hydrogens is 296 g/mol. The number of carboxylic acid groups (broad SMARTS) is 1. The number of aryl methyl sites for hydroxylation is 1. The number of hydrogen-bond acceptors (Lipinski definition) is 4. The predicted molar refractivity (Wildman–Crippen MR) is 82.4 cm³/mol. The molecule has 1 amide bonds. The van der Waals surface area contributed by atoms with Crippen LogP contribution in [0.2, 0.25) is 0 Å². The monoisotopic (exact) mass is 314 g/mol. The Bertz CT molecular complexity index is 753. The van der Waals surface area contributed by atoms with Crippen LogP contribution in [0.1, 0.15) is 29.4 Å². The minimum absolute atomic E-state index is 0.193. The molecule has 2 aromatic rings. The van der Waals surface area contributed by atoms with Crippen LogP contribution >= 0.6 is 0 Å². The van der Waals surface area contributed by atoms with Crippen molar-refractivity contribution in [3.8, 4) is 5.69 Å². The summed E-state index contributed by atoms with van der Waals surface area (Å²) in [5.74, 6) is -1.16. The highest BCUT2D eigenvalue weighted by atomic mass is 16.4. The number of aliphatic carboxylic acids is 1. The van der Waals surface area contributed by atoms with E-state index in [1.807, 2.05) is 31.2 Å². The van der Waals surface area contributed by atoms with Crippen LogP contribution in [0.25, 0.3) is 5.69 Å². The lowest BCUT2D eigenvalue weighted by atomic mass is 9.90. The molecule has 0 saturated carbocycles. The first-order valence-electron chi connectivity index (χ1n) is 7.41. The Morgan fingerprint density at radius 3 is 2.57 bits per heavy atom. The molecular formula is C16H18N4O3. The summed E-state index contributed by atoms with van der Waals surface area (Å²) in [5.41, 5.74) is 1.29. The summed E-state index contributed by atoms with van der Waals surface area (Å²) in [4.78, 5) is 25.3. The number of carbonyl (C=O) groups is 2. The van der Waals surface area contributed by atoms with Crippen LogP contribution in [0.3, 0.4) is 0 Å². The van der Waals surface area contributed by atoms with E-state index in [9.17, 15) is 14.7 Å². The highest BCUT2D eigenvalue weighted by molar-refractivity contribution is 5.93. The van der Waals surface area contributed by atoms with Crippen molar-refractivity contribution in [2.75, 3.05) is 13.1 Å². The second-order valence-electron chi connectivity index (χ2n) is 6.23. The maximum atomic E-state index is 12.5. The summed E-state index contributed by atoms with van der Waals surface area (Å²) in [6, 6.07) is 7.71. The molecule has 1 aliphatic heterocycles. The molecule has 3 rings (SSSR count). The second kappa shape index (κ2) is 5.49. The van der Waals surface area contributed by atoms with Crippen molar-refractivity contribution in [3.05, 3.63) is 41.7 Å². The van der Waals surface area contributed by atoms with Crippen LogP contribution in [-0.4, -0.2) is 50.0 Å². The van der Waals surface area contributed by atoms with Gasteiger partial charge in [-0.3, -0.25) is 9.59 Å². The number of hydrogen-bond donors (Lipinski definition) is 1.